The van der Waals surface area contributed by atoms with Crippen LogP contribution in [0.2, 0.25) is 0 Å². The number of rotatable bonds is 6. The van der Waals surface area contributed by atoms with Crippen LogP contribution in [0.1, 0.15) is 18.9 Å². The van der Waals surface area contributed by atoms with Gasteiger partial charge in [0.1, 0.15) is 0 Å². The second kappa shape index (κ2) is 6.68. The van der Waals surface area contributed by atoms with Gasteiger partial charge in [0.2, 0.25) is 15.9 Å². The summed E-state index contributed by atoms with van der Waals surface area (Å²) in [5, 5.41) is 2.68. The third kappa shape index (κ3) is 5.00. The number of nitrogens with zero attached hydrogens (tertiary/aromatic N) is 1. The number of nitrogens with one attached hydrogen (secondary N) is 1. The predicted octanol–water partition coefficient (Wildman–Crippen LogP) is 1.47. The molecular formula is C13H20N2O3S. The van der Waals surface area contributed by atoms with Gasteiger partial charge in [0.05, 0.1) is 5.75 Å². The van der Waals surface area contributed by atoms with E-state index in [1.165, 1.54) is 19.7 Å². The maximum Gasteiger partial charge on any atom is 0.225 e. The number of benzene rings is 1. The monoisotopic (exact) mass is 284 g/mol. The fourth-order valence-electron chi connectivity index (χ4n) is 1.45. The topological polar surface area (TPSA) is 66.5 Å². The standard InChI is InChI=1S/C13H20N2O3S/c1-4-11-5-7-12(8-6-11)14-13(16)9-10-19(17,18)15(2)3/h5-8H,4,9-10H2,1-3H3,(H,14,16). The van der Waals surface area contributed by atoms with Crippen LogP contribution in [-0.2, 0) is 21.2 Å². The average molecular weight is 284 g/mol. The fraction of sp³-hybridized carbons (Fsp3) is 0.462. The first kappa shape index (κ1) is 15.7. The zero-order valence-electron chi connectivity index (χ0n) is 11.5. The van der Waals surface area contributed by atoms with Crippen molar-refractivity contribution in [3.8, 4) is 0 Å². The summed E-state index contributed by atoms with van der Waals surface area (Å²) in [6.07, 6.45) is 0.894. The average Bonchev–Trinajstić information content (AvgIpc) is 2.37. The lowest BCUT2D eigenvalue weighted by Crippen LogP contribution is -2.27. The lowest BCUT2D eigenvalue weighted by Gasteiger charge is -2.11. The van der Waals surface area contributed by atoms with Gasteiger partial charge in [-0.25, -0.2) is 12.7 Å². The van der Waals surface area contributed by atoms with Crippen LogP contribution < -0.4 is 5.32 Å². The molecule has 0 aliphatic carbocycles. The summed E-state index contributed by atoms with van der Waals surface area (Å²) in [5.74, 6) is -0.478. The van der Waals surface area contributed by atoms with Crippen LogP contribution in [0.3, 0.4) is 0 Å². The number of anilines is 1. The van der Waals surface area contributed by atoms with Crippen LogP contribution in [0.25, 0.3) is 0 Å². The Kier molecular flexibility index (Phi) is 5.50. The zero-order valence-corrected chi connectivity index (χ0v) is 12.3. The van der Waals surface area contributed by atoms with Crippen molar-refractivity contribution in [2.75, 3.05) is 25.2 Å². The second-order valence-electron chi connectivity index (χ2n) is 4.45. The minimum atomic E-state index is -3.32. The van der Waals surface area contributed by atoms with Crippen molar-refractivity contribution in [3.05, 3.63) is 29.8 Å². The summed E-state index contributed by atoms with van der Waals surface area (Å²) < 4.78 is 24.2. The van der Waals surface area contributed by atoms with E-state index in [9.17, 15) is 13.2 Å². The molecule has 1 aromatic rings. The lowest BCUT2D eigenvalue weighted by molar-refractivity contribution is -0.115. The number of carbonyl (C=O) groups is 1. The van der Waals surface area contributed by atoms with E-state index in [4.69, 9.17) is 0 Å². The summed E-state index contributed by atoms with van der Waals surface area (Å²) in [4.78, 5) is 11.6. The minimum absolute atomic E-state index is 0.0456. The molecule has 0 radical (unpaired) electrons. The first-order chi connectivity index (χ1) is 8.85. The van der Waals surface area contributed by atoms with Gasteiger partial charge in [-0.2, -0.15) is 0 Å². The molecule has 106 valence electrons. The molecular weight excluding hydrogens is 264 g/mol. The molecule has 0 atom stereocenters. The van der Waals surface area contributed by atoms with E-state index < -0.39 is 10.0 Å². The van der Waals surface area contributed by atoms with Gasteiger partial charge in [-0.05, 0) is 24.1 Å². The van der Waals surface area contributed by atoms with Crippen molar-refractivity contribution in [1.29, 1.82) is 0 Å². The Morgan fingerprint density at radius 3 is 2.26 bits per heavy atom. The molecule has 0 spiro atoms. The van der Waals surface area contributed by atoms with E-state index in [0.29, 0.717) is 5.69 Å². The Morgan fingerprint density at radius 1 is 1.21 bits per heavy atom. The highest BCUT2D eigenvalue weighted by atomic mass is 32.2. The molecule has 0 fully saturated rings. The van der Waals surface area contributed by atoms with E-state index in [2.05, 4.69) is 12.2 Å². The van der Waals surface area contributed by atoms with Gasteiger partial charge in [0.25, 0.3) is 0 Å². The molecule has 5 nitrogen and oxygen atoms in total. The Hall–Kier alpha value is -1.40. The van der Waals surface area contributed by atoms with Crippen LogP contribution in [0.4, 0.5) is 5.69 Å². The van der Waals surface area contributed by atoms with Crippen LogP contribution >= 0.6 is 0 Å². The van der Waals surface area contributed by atoms with Gasteiger partial charge in [0.15, 0.2) is 0 Å². The molecule has 0 heterocycles. The lowest BCUT2D eigenvalue weighted by atomic mass is 10.1. The quantitative estimate of drug-likeness (QED) is 0.860. The Balaban J connectivity index is 2.51. The molecule has 1 aromatic carbocycles. The highest BCUT2D eigenvalue weighted by Gasteiger charge is 2.15. The number of sulfonamides is 1. The molecule has 6 heteroatoms. The van der Waals surface area contributed by atoms with E-state index in [-0.39, 0.29) is 18.1 Å². The second-order valence-corrected chi connectivity index (χ2v) is 6.75. The normalized spacial score (nSPS) is 11.6. The highest BCUT2D eigenvalue weighted by molar-refractivity contribution is 7.89. The third-order valence-electron chi connectivity index (χ3n) is 2.79. The summed E-state index contributed by atoms with van der Waals surface area (Å²) in [6.45, 7) is 2.06. The maximum absolute atomic E-state index is 11.6. The van der Waals surface area contributed by atoms with Crippen molar-refractivity contribution in [3.63, 3.8) is 0 Å². The summed E-state index contributed by atoms with van der Waals surface area (Å²) >= 11 is 0. The summed E-state index contributed by atoms with van der Waals surface area (Å²) in [5.41, 5.74) is 1.87. The van der Waals surface area contributed by atoms with Gasteiger partial charge >= 0.3 is 0 Å². The van der Waals surface area contributed by atoms with E-state index in [0.717, 1.165) is 10.7 Å². The van der Waals surface area contributed by atoms with Crippen LogP contribution in [0.5, 0.6) is 0 Å². The Morgan fingerprint density at radius 2 is 1.79 bits per heavy atom. The van der Waals surface area contributed by atoms with Gasteiger partial charge in [-0.15, -0.1) is 0 Å². The fourth-order valence-corrected chi connectivity index (χ4v) is 2.26. The Labute approximate surface area is 114 Å². The molecule has 19 heavy (non-hydrogen) atoms. The Bertz CT molecular complexity index is 521. The number of aryl methyl sites for hydroxylation is 1. The van der Waals surface area contributed by atoms with Crippen molar-refractivity contribution >= 4 is 21.6 Å². The summed E-state index contributed by atoms with van der Waals surface area (Å²) in [7, 11) is -0.414. The number of amides is 1. The van der Waals surface area contributed by atoms with Crippen molar-refractivity contribution in [2.24, 2.45) is 0 Å². The molecule has 0 unspecified atom stereocenters. The number of carbonyl (C=O) groups excluding carboxylic acids is 1. The minimum Gasteiger partial charge on any atom is -0.326 e. The van der Waals surface area contributed by atoms with Crippen LogP contribution in [0, 0.1) is 0 Å². The molecule has 0 aliphatic rings. The largest absolute Gasteiger partial charge is 0.326 e. The van der Waals surface area contributed by atoms with Gasteiger partial charge in [0, 0.05) is 26.2 Å². The number of hydrogen-bond acceptors (Lipinski definition) is 3. The van der Waals surface area contributed by atoms with Gasteiger partial charge in [-0.3, -0.25) is 4.79 Å². The molecule has 0 saturated heterocycles. The van der Waals surface area contributed by atoms with Crippen molar-refractivity contribution in [2.45, 2.75) is 19.8 Å². The highest BCUT2D eigenvalue weighted by Crippen LogP contribution is 2.10. The van der Waals surface area contributed by atoms with Crippen LogP contribution in [0.15, 0.2) is 24.3 Å². The molecule has 1 rings (SSSR count). The van der Waals surface area contributed by atoms with Crippen LogP contribution in [-0.4, -0.2) is 38.5 Å². The van der Waals surface area contributed by atoms with Crippen molar-refractivity contribution in [1.82, 2.24) is 4.31 Å². The SMILES string of the molecule is CCc1ccc(NC(=O)CCS(=O)(=O)N(C)C)cc1. The first-order valence-corrected chi connectivity index (χ1v) is 7.75. The molecule has 0 aliphatic heterocycles. The van der Waals surface area contributed by atoms with Gasteiger partial charge < -0.3 is 5.32 Å². The van der Waals surface area contributed by atoms with E-state index >= 15 is 0 Å². The molecule has 1 amide bonds. The van der Waals surface area contributed by atoms with E-state index in [1.807, 2.05) is 24.3 Å². The molecule has 1 N–H and O–H groups in total. The number of hydrogen-bond donors (Lipinski definition) is 1. The predicted molar refractivity (Wildman–Crippen MR) is 76.5 cm³/mol. The smallest absolute Gasteiger partial charge is 0.225 e. The zero-order chi connectivity index (χ0) is 14.5. The van der Waals surface area contributed by atoms with E-state index in [1.54, 1.807) is 0 Å². The maximum atomic E-state index is 11.6. The van der Waals surface area contributed by atoms with Crippen molar-refractivity contribution < 1.29 is 13.2 Å². The van der Waals surface area contributed by atoms with Gasteiger partial charge in [-0.1, -0.05) is 19.1 Å². The molecule has 0 saturated carbocycles. The molecule has 0 bridgehead atoms. The molecule has 0 aromatic heterocycles. The summed E-state index contributed by atoms with van der Waals surface area (Å²) in [6, 6.07) is 7.51. The third-order valence-corrected chi connectivity index (χ3v) is 4.62. The first-order valence-electron chi connectivity index (χ1n) is 6.14.